The van der Waals surface area contributed by atoms with E-state index in [-0.39, 0.29) is 12.2 Å². The molecule has 3 heterocycles. The van der Waals surface area contributed by atoms with Crippen LogP contribution in [-0.4, -0.2) is 56.6 Å². The molecule has 4 rings (SSSR count). The van der Waals surface area contributed by atoms with Gasteiger partial charge in [-0.2, -0.15) is 14.8 Å². The Hall–Kier alpha value is -3.40. The summed E-state index contributed by atoms with van der Waals surface area (Å²) in [6.07, 6.45) is 1.41. The number of carbonyl (C=O) groups excluding carboxylic acids is 3. The van der Waals surface area contributed by atoms with Crippen LogP contribution in [0.1, 0.15) is 23.3 Å². The molecular formula is C16H15N5O5. The Labute approximate surface area is 147 Å². The number of methoxy groups -OCH3 is 1. The van der Waals surface area contributed by atoms with Crippen LogP contribution < -0.4 is 5.32 Å². The average molecular weight is 357 g/mol. The van der Waals surface area contributed by atoms with Crippen LogP contribution in [0.2, 0.25) is 0 Å². The van der Waals surface area contributed by atoms with Crippen LogP contribution in [-0.2, 0) is 9.53 Å². The first-order chi connectivity index (χ1) is 12.5. The number of amides is 3. The van der Waals surface area contributed by atoms with E-state index < -0.39 is 30.1 Å². The van der Waals surface area contributed by atoms with Crippen molar-refractivity contribution >= 4 is 23.7 Å². The number of carbonyl (C=O) groups is 3. The maximum Gasteiger partial charge on any atom is 0.346 e. The second-order valence-electron chi connectivity index (χ2n) is 5.93. The monoisotopic (exact) mass is 357 g/mol. The van der Waals surface area contributed by atoms with Crippen molar-refractivity contribution in [3.05, 3.63) is 47.8 Å². The van der Waals surface area contributed by atoms with E-state index in [1.54, 1.807) is 24.3 Å². The smallest absolute Gasteiger partial charge is 0.346 e. The predicted octanol–water partition coefficient (Wildman–Crippen LogP) is 1.36. The highest BCUT2D eigenvalue weighted by Crippen LogP contribution is 2.42. The van der Waals surface area contributed by atoms with Gasteiger partial charge in [-0.15, -0.1) is 0 Å². The lowest BCUT2D eigenvalue weighted by atomic mass is 9.98. The van der Waals surface area contributed by atoms with Gasteiger partial charge < -0.3 is 15.0 Å². The summed E-state index contributed by atoms with van der Waals surface area (Å²) in [6.45, 7) is 0.105. The lowest BCUT2D eigenvalue weighted by Crippen LogP contribution is -2.39. The number of hydrogen-bond donors (Lipinski definition) is 2. The number of para-hydroxylation sites is 1. The molecule has 1 saturated heterocycles. The molecule has 2 atom stereocenters. The van der Waals surface area contributed by atoms with E-state index in [0.717, 1.165) is 4.68 Å². The topological polar surface area (TPSA) is 117 Å². The van der Waals surface area contributed by atoms with Gasteiger partial charge in [0, 0.05) is 17.4 Å². The van der Waals surface area contributed by atoms with Crippen LogP contribution in [0.15, 0.2) is 36.5 Å². The normalized spacial score (nSPS) is 20.8. The fourth-order valence-electron chi connectivity index (χ4n) is 3.23. The van der Waals surface area contributed by atoms with E-state index in [2.05, 4.69) is 10.4 Å². The number of ether oxygens (including phenoxy) is 1. The summed E-state index contributed by atoms with van der Waals surface area (Å²) >= 11 is 0. The van der Waals surface area contributed by atoms with Crippen LogP contribution >= 0.6 is 0 Å². The molecule has 0 radical (unpaired) electrons. The lowest BCUT2D eigenvalue weighted by Gasteiger charge is -2.27. The summed E-state index contributed by atoms with van der Waals surface area (Å²) in [4.78, 5) is 37.9. The summed E-state index contributed by atoms with van der Waals surface area (Å²) in [5.41, 5.74) is 1.22. The van der Waals surface area contributed by atoms with Crippen molar-refractivity contribution in [1.29, 1.82) is 0 Å². The molecule has 0 spiro atoms. The van der Waals surface area contributed by atoms with E-state index in [0.29, 0.717) is 16.3 Å². The van der Waals surface area contributed by atoms with Crippen molar-refractivity contribution in [3.63, 3.8) is 0 Å². The standard InChI is InChI=1S/C16H15N5O5/c1-26-14(22)13-12-10(11-8-19(13)16(24)21(11)25)7-20(18-12)15(23)17-9-5-3-2-4-6-9/h2-7,11,13,25H,8H2,1H3,(H,17,23). The van der Waals surface area contributed by atoms with E-state index in [1.807, 2.05) is 6.07 Å². The summed E-state index contributed by atoms with van der Waals surface area (Å²) in [5.74, 6) is -0.693. The number of esters is 1. The highest BCUT2D eigenvalue weighted by atomic mass is 16.5. The molecule has 0 saturated carbocycles. The van der Waals surface area contributed by atoms with E-state index in [1.165, 1.54) is 18.2 Å². The molecule has 1 aromatic heterocycles. The molecule has 2 N–H and O–H groups in total. The molecule has 10 nitrogen and oxygen atoms in total. The zero-order valence-corrected chi connectivity index (χ0v) is 13.7. The minimum Gasteiger partial charge on any atom is -0.467 e. The predicted molar refractivity (Wildman–Crippen MR) is 86.3 cm³/mol. The first kappa shape index (κ1) is 16.1. The Morgan fingerprint density at radius 1 is 1.31 bits per heavy atom. The van der Waals surface area contributed by atoms with Crippen LogP contribution in [0.3, 0.4) is 0 Å². The molecule has 2 unspecified atom stereocenters. The number of rotatable bonds is 2. The van der Waals surface area contributed by atoms with Crippen LogP contribution in [0.4, 0.5) is 15.3 Å². The minimum atomic E-state index is -1.11. The minimum absolute atomic E-state index is 0.105. The molecule has 10 heteroatoms. The number of aromatic nitrogens is 2. The van der Waals surface area contributed by atoms with Gasteiger partial charge in [0.05, 0.1) is 13.7 Å². The van der Waals surface area contributed by atoms with Gasteiger partial charge in [-0.05, 0) is 12.1 Å². The highest BCUT2D eigenvalue weighted by Gasteiger charge is 2.52. The number of hydroxylamine groups is 2. The number of nitrogens with zero attached hydrogens (tertiary/aromatic N) is 4. The number of nitrogens with one attached hydrogen (secondary N) is 1. The Morgan fingerprint density at radius 3 is 2.73 bits per heavy atom. The Bertz CT molecular complexity index is 896. The quantitative estimate of drug-likeness (QED) is 0.619. The maximum absolute atomic E-state index is 12.4. The Balaban J connectivity index is 1.70. The molecule has 1 aromatic carbocycles. The summed E-state index contributed by atoms with van der Waals surface area (Å²) in [6, 6.07) is 5.77. The third-order valence-electron chi connectivity index (χ3n) is 4.47. The molecule has 2 aliphatic heterocycles. The van der Waals surface area contributed by atoms with Crippen molar-refractivity contribution in [1.82, 2.24) is 19.7 Å². The third-order valence-corrected chi connectivity index (χ3v) is 4.47. The number of hydrogen-bond acceptors (Lipinski definition) is 6. The zero-order valence-electron chi connectivity index (χ0n) is 13.7. The van der Waals surface area contributed by atoms with Gasteiger partial charge in [0.15, 0.2) is 6.04 Å². The van der Waals surface area contributed by atoms with Crippen molar-refractivity contribution in [2.75, 3.05) is 19.0 Å². The zero-order chi connectivity index (χ0) is 18.4. The SMILES string of the molecule is COC(=O)C1c2nn(C(=O)Nc3ccccc3)cc2C2CN1C(=O)N2O. The van der Waals surface area contributed by atoms with Crippen LogP contribution in [0, 0.1) is 0 Å². The van der Waals surface area contributed by atoms with Crippen molar-refractivity contribution in [3.8, 4) is 0 Å². The lowest BCUT2D eigenvalue weighted by molar-refractivity contribution is -0.146. The number of fused-ring (bicyclic) bond motifs is 4. The maximum atomic E-state index is 12.4. The molecule has 2 aliphatic rings. The van der Waals surface area contributed by atoms with Gasteiger partial charge in [-0.25, -0.2) is 14.4 Å². The fraction of sp³-hybridized carbons (Fsp3) is 0.250. The Morgan fingerprint density at radius 2 is 2.04 bits per heavy atom. The average Bonchev–Trinajstić information content (AvgIpc) is 3.20. The molecular weight excluding hydrogens is 342 g/mol. The van der Waals surface area contributed by atoms with E-state index in [9.17, 15) is 19.6 Å². The molecule has 1 fully saturated rings. The van der Waals surface area contributed by atoms with Gasteiger partial charge in [0.2, 0.25) is 0 Å². The third kappa shape index (κ3) is 2.30. The second kappa shape index (κ2) is 5.85. The molecule has 134 valence electrons. The molecule has 26 heavy (non-hydrogen) atoms. The van der Waals surface area contributed by atoms with E-state index in [4.69, 9.17) is 4.74 Å². The first-order valence-electron chi connectivity index (χ1n) is 7.83. The Kier molecular flexibility index (Phi) is 3.62. The number of benzene rings is 1. The van der Waals surface area contributed by atoms with Gasteiger partial charge in [0.25, 0.3) is 0 Å². The van der Waals surface area contributed by atoms with Crippen molar-refractivity contribution in [2.24, 2.45) is 0 Å². The van der Waals surface area contributed by atoms with Crippen molar-refractivity contribution < 1.29 is 24.3 Å². The fourth-order valence-corrected chi connectivity index (χ4v) is 3.23. The summed E-state index contributed by atoms with van der Waals surface area (Å²) in [7, 11) is 1.20. The van der Waals surface area contributed by atoms with Crippen LogP contribution in [0.25, 0.3) is 0 Å². The molecule has 2 aromatic rings. The summed E-state index contributed by atoms with van der Waals surface area (Å²) in [5, 5.41) is 17.4. The summed E-state index contributed by atoms with van der Waals surface area (Å²) < 4.78 is 5.81. The van der Waals surface area contributed by atoms with Gasteiger partial charge >= 0.3 is 18.0 Å². The number of anilines is 1. The van der Waals surface area contributed by atoms with Gasteiger partial charge in [0.1, 0.15) is 11.7 Å². The largest absolute Gasteiger partial charge is 0.467 e. The van der Waals surface area contributed by atoms with Crippen LogP contribution in [0.5, 0.6) is 0 Å². The molecule has 2 bridgehead atoms. The van der Waals surface area contributed by atoms with Crippen molar-refractivity contribution in [2.45, 2.75) is 12.1 Å². The number of urea groups is 1. The molecule has 0 aliphatic carbocycles. The highest BCUT2D eigenvalue weighted by molar-refractivity contribution is 5.91. The second-order valence-corrected chi connectivity index (χ2v) is 5.93. The first-order valence-corrected chi connectivity index (χ1v) is 7.83. The molecule has 3 amide bonds. The van der Waals surface area contributed by atoms with E-state index >= 15 is 0 Å². The van der Waals surface area contributed by atoms with Gasteiger partial charge in [-0.3, -0.25) is 5.21 Å². The van der Waals surface area contributed by atoms with Gasteiger partial charge in [-0.1, -0.05) is 18.2 Å².